The molecule has 0 amide bonds. The quantitative estimate of drug-likeness (QED) is 0.569. The first-order valence-electron chi connectivity index (χ1n) is 5.70. The van der Waals surface area contributed by atoms with Gasteiger partial charge in [0.15, 0.2) is 0 Å². The van der Waals surface area contributed by atoms with E-state index in [9.17, 15) is 9.90 Å². The number of carboxylic acids is 1. The van der Waals surface area contributed by atoms with E-state index in [2.05, 4.69) is 40.4 Å². The van der Waals surface area contributed by atoms with Gasteiger partial charge in [-0.3, -0.25) is 0 Å². The normalized spacial score (nSPS) is 9.20. The van der Waals surface area contributed by atoms with Crippen LogP contribution in [0.5, 0.6) is 0 Å². The molecule has 0 aromatic heterocycles. The van der Waals surface area contributed by atoms with Crippen molar-refractivity contribution >= 4 is 28.6 Å². The molecular formula is C17H8IO2-. The fourth-order valence-corrected chi connectivity index (χ4v) is 1.94. The van der Waals surface area contributed by atoms with E-state index in [0.29, 0.717) is 11.1 Å². The van der Waals surface area contributed by atoms with Crippen molar-refractivity contribution in [2.75, 3.05) is 0 Å². The van der Waals surface area contributed by atoms with Crippen LogP contribution in [-0.4, -0.2) is 5.97 Å². The van der Waals surface area contributed by atoms with Crippen LogP contribution in [0.25, 0.3) is 0 Å². The molecule has 2 rings (SSSR count). The third kappa shape index (κ3) is 3.40. The van der Waals surface area contributed by atoms with Gasteiger partial charge in [0.2, 0.25) is 0 Å². The van der Waals surface area contributed by atoms with Crippen molar-refractivity contribution in [3.8, 4) is 24.2 Å². The van der Waals surface area contributed by atoms with Crippen LogP contribution in [0.1, 0.15) is 27.0 Å². The molecule has 0 saturated heterocycles. The smallest absolute Gasteiger partial charge is 0.0728 e. The molecular weight excluding hydrogens is 363 g/mol. The average Bonchev–Trinajstić information content (AvgIpc) is 2.46. The summed E-state index contributed by atoms with van der Waals surface area (Å²) in [5, 5.41) is 11.1. The molecule has 2 nitrogen and oxygen atoms in total. The lowest BCUT2D eigenvalue weighted by Crippen LogP contribution is -2.23. The lowest BCUT2D eigenvalue weighted by atomic mass is 10.0. The molecule has 0 N–H and O–H groups in total. The average molecular weight is 371 g/mol. The maximum atomic E-state index is 11.1. The highest BCUT2D eigenvalue weighted by Gasteiger charge is 2.02. The molecule has 0 unspecified atom stereocenters. The van der Waals surface area contributed by atoms with E-state index < -0.39 is 5.97 Å². The summed E-state index contributed by atoms with van der Waals surface area (Å²) in [6.45, 7) is 0. The Kier molecular flexibility index (Phi) is 4.45. The predicted molar refractivity (Wildman–Crippen MR) is 83.8 cm³/mol. The van der Waals surface area contributed by atoms with E-state index in [1.54, 1.807) is 12.1 Å². The fourth-order valence-electron chi connectivity index (χ4n) is 1.58. The summed E-state index contributed by atoms with van der Waals surface area (Å²) in [4.78, 5) is 11.1. The number of rotatable bonds is 1. The van der Waals surface area contributed by atoms with Crippen LogP contribution in [0.15, 0.2) is 42.5 Å². The molecule has 0 aliphatic heterocycles. The Morgan fingerprint density at radius 1 is 1.05 bits per heavy atom. The molecule has 0 aliphatic carbocycles. The van der Waals surface area contributed by atoms with Crippen LogP contribution in [-0.2, 0) is 0 Å². The Hall–Kier alpha value is -2.24. The van der Waals surface area contributed by atoms with Gasteiger partial charge in [0.25, 0.3) is 0 Å². The van der Waals surface area contributed by atoms with Crippen molar-refractivity contribution in [1.29, 1.82) is 0 Å². The fraction of sp³-hybridized carbons (Fsp3) is 0. The molecule has 0 bridgehead atoms. The summed E-state index contributed by atoms with van der Waals surface area (Å²) < 4.78 is 1.11. The topological polar surface area (TPSA) is 40.1 Å². The van der Waals surface area contributed by atoms with Gasteiger partial charge in [-0.15, -0.1) is 6.42 Å². The molecule has 0 fully saturated rings. The van der Waals surface area contributed by atoms with Crippen molar-refractivity contribution < 1.29 is 9.90 Å². The van der Waals surface area contributed by atoms with Crippen molar-refractivity contribution in [3.05, 3.63) is 68.3 Å². The van der Waals surface area contributed by atoms with Crippen LogP contribution in [0.3, 0.4) is 0 Å². The summed E-state index contributed by atoms with van der Waals surface area (Å²) in [6.07, 6.45) is 5.25. The minimum Gasteiger partial charge on any atom is -0.545 e. The van der Waals surface area contributed by atoms with Gasteiger partial charge < -0.3 is 9.90 Å². The Labute approximate surface area is 131 Å². The SMILES string of the molecule is C#Cc1ccc(C#Cc2ccc(I)cc2)c(C(=O)[O-])c1. The van der Waals surface area contributed by atoms with E-state index in [1.165, 1.54) is 6.07 Å². The molecule has 2 aromatic carbocycles. The first kappa shape index (κ1) is 14.2. The molecule has 0 atom stereocenters. The zero-order valence-corrected chi connectivity index (χ0v) is 12.5. The number of terminal acetylenes is 1. The van der Waals surface area contributed by atoms with Gasteiger partial charge in [0.1, 0.15) is 0 Å². The second kappa shape index (κ2) is 6.27. The van der Waals surface area contributed by atoms with Crippen molar-refractivity contribution in [2.24, 2.45) is 0 Å². The lowest BCUT2D eigenvalue weighted by molar-refractivity contribution is -0.255. The second-order valence-electron chi connectivity index (χ2n) is 3.95. The van der Waals surface area contributed by atoms with Gasteiger partial charge in [-0.2, -0.15) is 0 Å². The van der Waals surface area contributed by atoms with Gasteiger partial charge in [-0.25, -0.2) is 0 Å². The Bertz CT molecular complexity index is 756. The van der Waals surface area contributed by atoms with E-state index >= 15 is 0 Å². The molecule has 0 aliphatic rings. The highest BCUT2D eigenvalue weighted by molar-refractivity contribution is 14.1. The summed E-state index contributed by atoms with van der Waals surface area (Å²) in [6, 6.07) is 12.3. The summed E-state index contributed by atoms with van der Waals surface area (Å²) in [5.41, 5.74) is 1.71. The van der Waals surface area contributed by atoms with Crippen LogP contribution in [0, 0.1) is 27.8 Å². The minimum atomic E-state index is -1.28. The molecule has 3 heteroatoms. The third-order valence-electron chi connectivity index (χ3n) is 2.59. The molecule has 0 saturated carbocycles. The predicted octanol–water partition coefficient (Wildman–Crippen LogP) is 2.04. The molecule has 0 spiro atoms. The largest absolute Gasteiger partial charge is 0.545 e. The number of hydrogen-bond donors (Lipinski definition) is 0. The number of hydrogen-bond acceptors (Lipinski definition) is 2. The number of carboxylic acid groups (broad SMARTS) is 1. The van der Waals surface area contributed by atoms with Crippen molar-refractivity contribution in [1.82, 2.24) is 0 Å². The van der Waals surface area contributed by atoms with Gasteiger partial charge >= 0.3 is 0 Å². The minimum absolute atomic E-state index is 0.0125. The van der Waals surface area contributed by atoms with Gasteiger partial charge in [-0.1, -0.05) is 17.8 Å². The molecule has 0 radical (unpaired) electrons. The molecule has 96 valence electrons. The van der Waals surface area contributed by atoms with Gasteiger partial charge in [0, 0.05) is 25.8 Å². The van der Waals surface area contributed by atoms with E-state index in [4.69, 9.17) is 6.42 Å². The van der Waals surface area contributed by atoms with Crippen LogP contribution < -0.4 is 5.11 Å². The van der Waals surface area contributed by atoms with E-state index in [-0.39, 0.29) is 5.56 Å². The van der Waals surface area contributed by atoms with E-state index in [0.717, 1.165) is 9.13 Å². The van der Waals surface area contributed by atoms with Crippen LogP contribution >= 0.6 is 22.6 Å². The van der Waals surface area contributed by atoms with Gasteiger partial charge in [0.05, 0.1) is 5.97 Å². The Morgan fingerprint density at radius 3 is 2.30 bits per heavy atom. The number of carbonyl (C=O) groups excluding carboxylic acids is 1. The van der Waals surface area contributed by atoms with Gasteiger partial charge in [-0.05, 0) is 65.1 Å². The maximum Gasteiger partial charge on any atom is 0.0728 e. The summed E-state index contributed by atoms with van der Waals surface area (Å²) in [7, 11) is 0. The van der Waals surface area contributed by atoms with Crippen LogP contribution in [0.2, 0.25) is 0 Å². The Morgan fingerprint density at radius 2 is 1.70 bits per heavy atom. The monoisotopic (exact) mass is 371 g/mol. The number of aromatic carboxylic acids is 1. The first-order chi connectivity index (χ1) is 9.60. The zero-order valence-electron chi connectivity index (χ0n) is 10.3. The summed E-state index contributed by atoms with van der Waals surface area (Å²) >= 11 is 2.21. The molecule has 0 heterocycles. The lowest BCUT2D eigenvalue weighted by Gasteiger charge is -2.06. The maximum absolute atomic E-state index is 11.1. The van der Waals surface area contributed by atoms with E-state index in [1.807, 2.05) is 24.3 Å². The second-order valence-corrected chi connectivity index (χ2v) is 5.19. The molecule has 2 aromatic rings. The number of halogens is 1. The van der Waals surface area contributed by atoms with Crippen LogP contribution in [0.4, 0.5) is 0 Å². The first-order valence-corrected chi connectivity index (χ1v) is 6.77. The number of benzene rings is 2. The van der Waals surface area contributed by atoms with Crippen molar-refractivity contribution in [3.63, 3.8) is 0 Å². The number of carbonyl (C=O) groups is 1. The zero-order chi connectivity index (χ0) is 14.5. The highest BCUT2D eigenvalue weighted by atomic mass is 127. The standard InChI is InChI=1S/C17H9IO2/c1-2-12-3-7-14(16(11-12)17(19)20)8-4-13-5-9-15(18)10-6-13/h1,3,5-7,9-11H,(H,19,20)/p-1. The third-order valence-corrected chi connectivity index (χ3v) is 3.31. The Balaban J connectivity index is 2.42. The highest BCUT2D eigenvalue weighted by Crippen LogP contribution is 2.11. The molecule has 20 heavy (non-hydrogen) atoms. The summed E-state index contributed by atoms with van der Waals surface area (Å²) in [5.74, 6) is 6.87. The van der Waals surface area contributed by atoms with Crippen molar-refractivity contribution in [2.45, 2.75) is 0 Å².